The second kappa shape index (κ2) is 6.07. The summed E-state index contributed by atoms with van der Waals surface area (Å²) >= 11 is 2.61. The Balaban J connectivity index is 1.94. The number of hydrogen-bond acceptors (Lipinski definition) is 6. The number of carbonyl (C=O) groups excluding carboxylic acids is 1. The summed E-state index contributed by atoms with van der Waals surface area (Å²) in [4.78, 5) is 17.7. The highest BCUT2D eigenvalue weighted by Gasteiger charge is 2.13. The molecule has 6 nitrogen and oxygen atoms in total. The van der Waals surface area contributed by atoms with Gasteiger partial charge in [-0.25, -0.2) is 4.79 Å². The van der Waals surface area contributed by atoms with Crippen LogP contribution in [0, 0.1) is 6.92 Å². The van der Waals surface area contributed by atoms with Gasteiger partial charge >= 0.3 is 6.03 Å². The lowest BCUT2D eigenvalue weighted by Gasteiger charge is -2.16. The molecule has 2 aromatic rings. The number of aryl methyl sites for hydroxylation is 1. The lowest BCUT2D eigenvalue weighted by molar-refractivity contribution is 0.220. The number of urea groups is 1. The van der Waals surface area contributed by atoms with Crippen molar-refractivity contribution in [2.24, 2.45) is 0 Å². The van der Waals surface area contributed by atoms with Gasteiger partial charge in [-0.2, -0.15) is 9.36 Å². The van der Waals surface area contributed by atoms with E-state index in [0.717, 1.165) is 11.3 Å². The standard InChI is InChI=1S/C11H14N4O2S2/c1-7-8(4-5-17-7)6-15(2)11(16)13-9-12-10(18-3)14-19-9/h4-5H,6H2,1-3H3,(H,12,13,14,16). The minimum absolute atomic E-state index is 0.218. The van der Waals surface area contributed by atoms with Crippen LogP contribution in [0.3, 0.4) is 0 Å². The second-order valence-electron chi connectivity index (χ2n) is 3.87. The Morgan fingerprint density at radius 1 is 1.63 bits per heavy atom. The summed E-state index contributed by atoms with van der Waals surface area (Å²) in [5.41, 5.74) is 0.986. The van der Waals surface area contributed by atoms with Crippen molar-refractivity contribution < 1.29 is 9.21 Å². The van der Waals surface area contributed by atoms with Crippen molar-refractivity contribution in [3.63, 3.8) is 0 Å². The maximum Gasteiger partial charge on any atom is 0.323 e. The number of amides is 2. The molecule has 0 radical (unpaired) electrons. The summed E-state index contributed by atoms with van der Waals surface area (Å²) in [5.74, 6) is 0.820. The number of carbonyl (C=O) groups is 1. The largest absolute Gasteiger partial charge is 0.469 e. The molecule has 0 saturated heterocycles. The molecule has 0 aromatic carbocycles. The zero-order valence-corrected chi connectivity index (χ0v) is 12.5. The molecular formula is C11H14N4O2S2. The zero-order valence-electron chi connectivity index (χ0n) is 10.8. The lowest BCUT2D eigenvalue weighted by Crippen LogP contribution is -2.30. The van der Waals surface area contributed by atoms with Crippen LogP contribution in [0.2, 0.25) is 0 Å². The van der Waals surface area contributed by atoms with Crippen molar-refractivity contribution >= 4 is 34.5 Å². The Kier molecular flexibility index (Phi) is 4.43. The summed E-state index contributed by atoms with van der Waals surface area (Å²) in [6.45, 7) is 2.36. The van der Waals surface area contributed by atoms with Crippen molar-refractivity contribution in [3.05, 3.63) is 23.7 Å². The molecule has 0 spiro atoms. The molecule has 2 rings (SSSR count). The molecule has 2 heterocycles. The predicted octanol–water partition coefficient (Wildman–Crippen LogP) is 2.83. The van der Waals surface area contributed by atoms with Crippen LogP contribution >= 0.6 is 23.3 Å². The SMILES string of the molecule is CSc1nsc(NC(=O)N(C)Cc2ccoc2C)n1. The Morgan fingerprint density at radius 3 is 3.00 bits per heavy atom. The third-order valence-corrected chi connectivity index (χ3v) is 3.82. The molecule has 0 atom stereocenters. The van der Waals surface area contributed by atoms with Gasteiger partial charge in [0.1, 0.15) is 5.76 Å². The van der Waals surface area contributed by atoms with E-state index in [-0.39, 0.29) is 6.03 Å². The summed E-state index contributed by atoms with van der Waals surface area (Å²) < 4.78 is 9.28. The van der Waals surface area contributed by atoms with Crippen molar-refractivity contribution in [1.29, 1.82) is 0 Å². The number of furan rings is 1. The Hall–Kier alpha value is -1.54. The minimum atomic E-state index is -0.218. The van der Waals surface area contributed by atoms with Gasteiger partial charge < -0.3 is 9.32 Å². The van der Waals surface area contributed by atoms with Gasteiger partial charge in [0.25, 0.3) is 0 Å². The quantitative estimate of drug-likeness (QED) is 0.879. The van der Waals surface area contributed by atoms with E-state index in [2.05, 4.69) is 14.7 Å². The topological polar surface area (TPSA) is 71.3 Å². The molecule has 0 aliphatic heterocycles. The van der Waals surface area contributed by atoms with Crippen molar-refractivity contribution in [2.75, 3.05) is 18.6 Å². The fourth-order valence-electron chi connectivity index (χ4n) is 1.43. The average molecular weight is 298 g/mol. The fraction of sp³-hybridized carbons (Fsp3) is 0.364. The summed E-state index contributed by atoms with van der Waals surface area (Å²) in [7, 11) is 1.72. The first kappa shape index (κ1) is 13.9. The van der Waals surface area contributed by atoms with Crippen LogP contribution in [0.4, 0.5) is 9.93 Å². The minimum Gasteiger partial charge on any atom is -0.469 e. The Bertz CT molecular complexity index is 567. The van der Waals surface area contributed by atoms with Gasteiger partial charge in [0.15, 0.2) is 0 Å². The highest BCUT2D eigenvalue weighted by Crippen LogP contribution is 2.18. The third-order valence-electron chi connectivity index (χ3n) is 2.52. The molecule has 8 heteroatoms. The Labute approximate surface area is 119 Å². The summed E-state index contributed by atoms with van der Waals surface area (Å²) in [6.07, 6.45) is 3.51. The van der Waals surface area contributed by atoms with Crippen molar-refractivity contribution in [2.45, 2.75) is 18.6 Å². The van der Waals surface area contributed by atoms with Crippen molar-refractivity contribution in [1.82, 2.24) is 14.3 Å². The van der Waals surface area contributed by atoms with E-state index >= 15 is 0 Å². The number of hydrogen-bond donors (Lipinski definition) is 1. The summed E-state index contributed by atoms with van der Waals surface area (Å²) in [5, 5.41) is 3.88. The molecule has 0 aliphatic carbocycles. The number of anilines is 1. The fourth-order valence-corrected chi connectivity index (χ4v) is 2.55. The number of aromatic nitrogens is 2. The van der Waals surface area contributed by atoms with Crippen LogP contribution in [-0.4, -0.2) is 33.6 Å². The molecule has 2 aromatic heterocycles. The molecule has 19 heavy (non-hydrogen) atoms. The van der Waals surface area contributed by atoms with Gasteiger partial charge in [0, 0.05) is 24.1 Å². The third kappa shape index (κ3) is 3.48. The first-order valence-corrected chi connectivity index (χ1v) is 7.52. The average Bonchev–Trinajstić information content (AvgIpc) is 2.99. The van der Waals surface area contributed by atoms with Crippen molar-refractivity contribution in [3.8, 4) is 0 Å². The number of nitrogens with zero attached hydrogens (tertiary/aromatic N) is 3. The first-order valence-electron chi connectivity index (χ1n) is 5.53. The maximum atomic E-state index is 12.0. The van der Waals surface area contributed by atoms with E-state index in [1.165, 1.54) is 23.3 Å². The smallest absolute Gasteiger partial charge is 0.323 e. The summed E-state index contributed by atoms with van der Waals surface area (Å²) in [6, 6.07) is 1.64. The van der Waals surface area contributed by atoms with Crippen LogP contribution in [0.25, 0.3) is 0 Å². The maximum absolute atomic E-state index is 12.0. The van der Waals surface area contributed by atoms with E-state index < -0.39 is 0 Å². The van der Waals surface area contributed by atoms with Gasteiger partial charge in [-0.15, -0.1) is 0 Å². The van der Waals surface area contributed by atoms with Crippen LogP contribution in [0.5, 0.6) is 0 Å². The molecule has 2 amide bonds. The zero-order chi connectivity index (χ0) is 13.8. The molecule has 0 fully saturated rings. The number of nitrogens with one attached hydrogen (secondary N) is 1. The highest BCUT2D eigenvalue weighted by molar-refractivity contribution is 7.98. The molecule has 0 bridgehead atoms. The van der Waals surface area contributed by atoms with Crippen LogP contribution in [0.15, 0.2) is 21.9 Å². The second-order valence-corrected chi connectivity index (χ2v) is 5.40. The van der Waals surface area contributed by atoms with Crippen LogP contribution in [-0.2, 0) is 6.54 Å². The molecule has 0 unspecified atom stereocenters. The lowest BCUT2D eigenvalue weighted by atomic mass is 10.2. The number of rotatable bonds is 4. The molecule has 102 valence electrons. The van der Waals surface area contributed by atoms with E-state index in [1.807, 2.05) is 19.2 Å². The molecular weight excluding hydrogens is 284 g/mol. The van der Waals surface area contributed by atoms with Crippen LogP contribution < -0.4 is 5.32 Å². The molecule has 1 N–H and O–H groups in total. The monoisotopic (exact) mass is 298 g/mol. The van der Waals surface area contributed by atoms with Crippen LogP contribution in [0.1, 0.15) is 11.3 Å². The van der Waals surface area contributed by atoms with Gasteiger partial charge in [0.2, 0.25) is 10.3 Å². The highest BCUT2D eigenvalue weighted by atomic mass is 32.2. The van der Waals surface area contributed by atoms with E-state index in [9.17, 15) is 4.79 Å². The van der Waals surface area contributed by atoms with Gasteiger partial charge in [0.05, 0.1) is 12.8 Å². The Morgan fingerprint density at radius 2 is 2.42 bits per heavy atom. The van der Waals surface area contributed by atoms with E-state index in [1.54, 1.807) is 18.2 Å². The normalized spacial score (nSPS) is 10.5. The first-order chi connectivity index (χ1) is 9.10. The molecule has 0 saturated carbocycles. The van der Waals surface area contributed by atoms with Gasteiger partial charge in [-0.1, -0.05) is 11.8 Å². The van der Waals surface area contributed by atoms with Gasteiger partial charge in [-0.3, -0.25) is 5.32 Å². The van der Waals surface area contributed by atoms with E-state index in [0.29, 0.717) is 16.8 Å². The molecule has 0 aliphatic rings. The van der Waals surface area contributed by atoms with Gasteiger partial charge in [-0.05, 0) is 19.2 Å². The predicted molar refractivity (Wildman–Crippen MR) is 75.6 cm³/mol. The number of thioether (sulfide) groups is 1. The van der Waals surface area contributed by atoms with E-state index in [4.69, 9.17) is 4.42 Å².